The molecule has 0 aliphatic carbocycles. The van der Waals surface area contributed by atoms with Gasteiger partial charge in [-0.05, 0) is 49.1 Å². The van der Waals surface area contributed by atoms with Crippen LogP contribution in [0, 0.1) is 6.92 Å². The minimum absolute atomic E-state index is 0.0319. The number of pyridine rings is 1. The molecule has 1 nitrogen and oxygen atoms in total. The molecule has 0 spiro atoms. The second-order valence-electron chi connectivity index (χ2n) is 8.35. The fourth-order valence-electron chi connectivity index (χ4n) is 5.06. The van der Waals surface area contributed by atoms with E-state index in [0.29, 0.717) is 0 Å². The molecule has 1 aliphatic rings. The van der Waals surface area contributed by atoms with Gasteiger partial charge in [0.1, 0.15) is 0 Å². The zero-order chi connectivity index (χ0) is 19.2. The van der Waals surface area contributed by atoms with Crippen LogP contribution in [0.4, 0.5) is 0 Å². The zero-order valence-electron chi connectivity index (χ0n) is 17.2. The number of aromatic nitrogens is 1. The fraction of sp³-hybridized carbons (Fsp3) is 0.346. The summed E-state index contributed by atoms with van der Waals surface area (Å²) in [4.78, 5) is 0. The van der Waals surface area contributed by atoms with Crippen molar-refractivity contribution in [2.75, 3.05) is 0 Å². The van der Waals surface area contributed by atoms with Gasteiger partial charge in [-0.1, -0.05) is 56.3 Å². The highest BCUT2D eigenvalue weighted by Crippen LogP contribution is 2.49. The number of hydrogen-bond donors (Lipinski definition) is 0. The summed E-state index contributed by atoms with van der Waals surface area (Å²) in [5.41, 5.74) is 8.27. The maximum Gasteiger partial charge on any atom is 0.213 e. The number of rotatable bonds is 3. The molecule has 0 saturated carbocycles. The van der Waals surface area contributed by atoms with Crippen LogP contribution in [-0.4, -0.2) is 0 Å². The highest BCUT2D eigenvalue weighted by Gasteiger charge is 2.56. The number of fused-ring (bicyclic) bond motifs is 3. The molecule has 4 rings (SSSR count). The van der Waals surface area contributed by atoms with Gasteiger partial charge in [0.05, 0.1) is 11.0 Å². The molecule has 3 aromatic rings. The van der Waals surface area contributed by atoms with E-state index in [1.165, 1.54) is 33.5 Å². The van der Waals surface area contributed by atoms with Crippen molar-refractivity contribution < 1.29 is 4.57 Å². The minimum Gasteiger partial charge on any atom is -0.192 e. The van der Waals surface area contributed by atoms with Crippen molar-refractivity contribution >= 4 is 0 Å². The molecule has 27 heavy (non-hydrogen) atoms. The lowest BCUT2D eigenvalue weighted by molar-refractivity contribution is -0.764. The molecule has 2 atom stereocenters. The molecule has 0 bridgehead atoms. The van der Waals surface area contributed by atoms with Gasteiger partial charge in [0, 0.05) is 25.0 Å². The van der Waals surface area contributed by atoms with E-state index in [9.17, 15) is 0 Å². The van der Waals surface area contributed by atoms with Crippen LogP contribution in [0.2, 0.25) is 0 Å². The summed E-state index contributed by atoms with van der Waals surface area (Å²) in [7, 11) is 0. The first-order valence-corrected chi connectivity index (χ1v) is 10.2. The standard InChI is InChI=1S/C26H30N/c1-6-25(4)23-15-11-10-14-22(23)24-17-16-20(18-27(24)26(25,5)7-2)21-13-9-8-12-19(21)3/h8-18H,6-7H2,1-5H3/q+1. The third-order valence-corrected chi connectivity index (χ3v) is 7.32. The van der Waals surface area contributed by atoms with Gasteiger partial charge in [0.25, 0.3) is 0 Å². The Morgan fingerprint density at radius 3 is 2.11 bits per heavy atom. The number of aryl methyl sites for hydroxylation is 1. The molecule has 1 aromatic heterocycles. The lowest BCUT2D eigenvalue weighted by Gasteiger charge is -2.46. The third-order valence-electron chi connectivity index (χ3n) is 7.32. The molecule has 2 heterocycles. The molecule has 1 heteroatoms. The van der Waals surface area contributed by atoms with Crippen molar-refractivity contribution in [2.24, 2.45) is 0 Å². The maximum absolute atomic E-state index is 2.57. The molecule has 0 saturated heterocycles. The Morgan fingerprint density at radius 2 is 1.44 bits per heavy atom. The Balaban J connectivity index is 2.04. The molecule has 2 unspecified atom stereocenters. The molecule has 0 radical (unpaired) electrons. The van der Waals surface area contributed by atoms with E-state index in [4.69, 9.17) is 0 Å². The van der Waals surface area contributed by atoms with Gasteiger partial charge in [-0.3, -0.25) is 0 Å². The third kappa shape index (κ3) is 2.41. The Hall–Kier alpha value is -2.41. The fourth-order valence-corrected chi connectivity index (χ4v) is 5.06. The zero-order valence-corrected chi connectivity index (χ0v) is 17.2. The van der Waals surface area contributed by atoms with Crippen LogP contribution in [0.5, 0.6) is 0 Å². The molecule has 0 fully saturated rings. The normalized spacial score (nSPS) is 23.6. The van der Waals surface area contributed by atoms with Crippen LogP contribution < -0.4 is 4.57 Å². The first-order valence-electron chi connectivity index (χ1n) is 10.2. The highest BCUT2D eigenvalue weighted by atomic mass is 15.1. The van der Waals surface area contributed by atoms with Crippen molar-refractivity contribution in [3.8, 4) is 22.4 Å². The SMILES string of the molecule is CCC1(C)c2ccccc2-c2ccc(-c3ccccc3C)c[n+]2C1(C)CC. The van der Waals surface area contributed by atoms with Crippen molar-refractivity contribution in [1.82, 2.24) is 0 Å². The van der Waals surface area contributed by atoms with Crippen LogP contribution in [0.25, 0.3) is 22.4 Å². The predicted molar refractivity (Wildman–Crippen MR) is 114 cm³/mol. The topological polar surface area (TPSA) is 3.88 Å². The van der Waals surface area contributed by atoms with Crippen LogP contribution in [0.3, 0.4) is 0 Å². The molecule has 138 valence electrons. The van der Waals surface area contributed by atoms with Crippen molar-refractivity contribution in [1.29, 1.82) is 0 Å². The molecule has 2 aromatic carbocycles. The Kier molecular flexibility index (Phi) is 4.22. The number of nitrogens with zero attached hydrogens (tertiary/aromatic N) is 1. The second kappa shape index (κ2) is 6.34. The lowest BCUT2D eigenvalue weighted by Crippen LogP contribution is -2.67. The molecule has 1 aliphatic heterocycles. The molecular formula is C26H30N+. The Bertz CT molecular complexity index is 1000. The number of hydrogen-bond acceptors (Lipinski definition) is 0. The first-order chi connectivity index (χ1) is 13.0. The summed E-state index contributed by atoms with van der Waals surface area (Å²) in [6.45, 7) is 11.8. The van der Waals surface area contributed by atoms with Gasteiger partial charge in [-0.15, -0.1) is 0 Å². The largest absolute Gasteiger partial charge is 0.213 e. The van der Waals surface area contributed by atoms with E-state index in [0.717, 1.165) is 12.8 Å². The summed E-state index contributed by atoms with van der Waals surface area (Å²) in [6, 6.07) is 22.3. The van der Waals surface area contributed by atoms with E-state index in [2.05, 4.69) is 106 Å². The minimum atomic E-state index is 0.0319. The van der Waals surface area contributed by atoms with Crippen molar-refractivity contribution in [3.05, 3.63) is 78.0 Å². The van der Waals surface area contributed by atoms with Gasteiger partial charge in [-0.25, -0.2) is 0 Å². The van der Waals surface area contributed by atoms with Crippen LogP contribution >= 0.6 is 0 Å². The van der Waals surface area contributed by atoms with E-state index in [1.807, 2.05) is 0 Å². The quantitative estimate of drug-likeness (QED) is 0.477. The average Bonchev–Trinajstić information content (AvgIpc) is 2.72. The predicted octanol–water partition coefficient (Wildman–Crippen LogP) is 6.42. The van der Waals surface area contributed by atoms with E-state index < -0.39 is 0 Å². The lowest BCUT2D eigenvalue weighted by atomic mass is 9.60. The average molecular weight is 357 g/mol. The molecular weight excluding hydrogens is 326 g/mol. The number of benzene rings is 2. The molecule has 0 N–H and O–H groups in total. The Morgan fingerprint density at radius 1 is 0.778 bits per heavy atom. The van der Waals surface area contributed by atoms with E-state index >= 15 is 0 Å². The van der Waals surface area contributed by atoms with Crippen molar-refractivity contribution in [3.63, 3.8) is 0 Å². The highest BCUT2D eigenvalue weighted by molar-refractivity contribution is 5.70. The van der Waals surface area contributed by atoms with Crippen LogP contribution in [0.15, 0.2) is 66.9 Å². The van der Waals surface area contributed by atoms with Crippen LogP contribution in [0.1, 0.15) is 51.7 Å². The maximum atomic E-state index is 2.57. The summed E-state index contributed by atoms with van der Waals surface area (Å²) < 4.78 is 2.57. The first kappa shape index (κ1) is 18.0. The summed E-state index contributed by atoms with van der Waals surface area (Å²) in [5.74, 6) is 0. The van der Waals surface area contributed by atoms with Crippen molar-refractivity contribution in [2.45, 2.75) is 58.4 Å². The molecule has 0 amide bonds. The van der Waals surface area contributed by atoms with Crippen LogP contribution in [-0.2, 0) is 11.0 Å². The summed E-state index contributed by atoms with van der Waals surface area (Å²) in [6.07, 6.45) is 4.61. The summed E-state index contributed by atoms with van der Waals surface area (Å²) in [5, 5.41) is 0. The van der Waals surface area contributed by atoms with Gasteiger partial charge < -0.3 is 0 Å². The van der Waals surface area contributed by atoms with E-state index in [-0.39, 0.29) is 11.0 Å². The smallest absolute Gasteiger partial charge is 0.192 e. The van der Waals surface area contributed by atoms with Gasteiger partial charge in [0.2, 0.25) is 5.69 Å². The monoisotopic (exact) mass is 356 g/mol. The van der Waals surface area contributed by atoms with Gasteiger partial charge in [-0.2, -0.15) is 4.57 Å². The second-order valence-corrected chi connectivity index (χ2v) is 8.35. The summed E-state index contributed by atoms with van der Waals surface area (Å²) >= 11 is 0. The van der Waals surface area contributed by atoms with E-state index in [1.54, 1.807) is 0 Å². The Labute approximate surface area is 163 Å². The van der Waals surface area contributed by atoms with Gasteiger partial charge in [0.15, 0.2) is 11.7 Å². The van der Waals surface area contributed by atoms with Gasteiger partial charge >= 0.3 is 0 Å².